The first-order valence-electron chi connectivity index (χ1n) is 6.75. The number of unbranched alkanes of at least 4 members (excludes halogenated alkanes) is 2. The molecule has 1 N–H and O–H groups in total. The van der Waals surface area contributed by atoms with Gasteiger partial charge in [-0.2, -0.15) is 0 Å². The second kappa shape index (κ2) is 6.90. The summed E-state index contributed by atoms with van der Waals surface area (Å²) >= 11 is 0. The summed E-state index contributed by atoms with van der Waals surface area (Å²) < 4.78 is 0. The molecule has 0 radical (unpaired) electrons. The molecule has 0 aliphatic heterocycles. The molecule has 0 bridgehead atoms. The highest BCUT2D eigenvalue weighted by atomic mass is 16.3. The Morgan fingerprint density at radius 1 is 1.25 bits per heavy atom. The first-order valence-corrected chi connectivity index (χ1v) is 6.75. The van der Waals surface area contributed by atoms with Crippen molar-refractivity contribution < 1.29 is 5.11 Å². The number of hydrogen-bond donors (Lipinski definition) is 1. The molecule has 92 valence electrons. The zero-order chi connectivity index (χ0) is 11.9. The van der Waals surface area contributed by atoms with Crippen molar-refractivity contribution in [1.29, 1.82) is 0 Å². The molecule has 1 atom stereocenters. The summed E-state index contributed by atoms with van der Waals surface area (Å²) in [6.07, 6.45) is 15.1. The van der Waals surface area contributed by atoms with Crippen molar-refractivity contribution in [1.82, 2.24) is 0 Å². The second-order valence-corrected chi connectivity index (χ2v) is 5.05. The number of hydrogen-bond acceptors (Lipinski definition) is 1. The Bertz CT molecular complexity index is 252. The lowest BCUT2D eigenvalue weighted by Gasteiger charge is -2.31. The maximum Gasteiger partial charge on any atom is 0.0525 e. The van der Waals surface area contributed by atoms with Gasteiger partial charge < -0.3 is 5.11 Å². The maximum absolute atomic E-state index is 9.63. The van der Waals surface area contributed by atoms with Crippen LogP contribution in [0.15, 0.2) is 23.8 Å². The van der Waals surface area contributed by atoms with E-state index in [-0.39, 0.29) is 5.41 Å². The van der Waals surface area contributed by atoms with Gasteiger partial charge in [-0.25, -0.2) is 0 Å². The van der Waals surface area contributed by atoms with E-state index in [1.165, 1.54) is 37.7 Å². The average molecular weight is 222 g/mol. The fraction of sp³-hybridized carbons (Fsp3) is 0.733. The van der Waals surface area contributed by atoms with E-state index in [0.29, 0.717) is 6.61 Å². The molecule has 0 spiro atoms. The van der Waals surface area contributed by atoms with Crippen LogP contribution in [0.5, 0.6) is 0 Å². The average Bonchev–Trinajstić information content (AvgIpc) is 2.34. The van der Waals surface area contributed by atoms with Gasteiger partial charge in [-0.15, -0.1) is 0 Å². The Kier molecular flexibility index (Phi) is 5.83. The van der Waals surface area contributed by atoms with E-state index in [9.17, 15) is 5.11 Å². The standard InChI is InChI=1S/C15H26O/c1-3-5-8-14-9-7-11-15(12-14,13-16)10-6-4-2/h7,9,12,16H,3-6,8,10-11,13H2,1-2H3. The molecule has 1 heteroatoms. The Hall–Kier alpha value is -0.560. The first kappa shape index (κ1) is 13.5. The van der Waals surface area contributed by atoms with Gasteiger partial charge in [-0.1, -0.05) is 56.9 Å². The molecule has 1 aliphatic rings. The van der Waals surface area contributed by atoms with Gasteiger partial charge in [0.2, 0.25) is 0 Å². The number of allylic oxidation sites excluding steroid dienone is 3. The summed E-state index contributed by atoms with van der Waals surface area (Å²) in [7, 11) is 0. The molecule has 0 aromatic rings. The SMILES string of the molecule is CCCCC1=CC(CO)(CCCC)CC=C1. The normalized spacial score (nSPS) is 24.6. The van der Waals surface area contributed by atoms with Crippen LogP contribution < -0.4 is 0 Å². The van der Waals surface area contributed by atoms with Crippen LogP contribution in [-0.4, -0.2) is 11.7 Å². The highest BCUT2D eigenvalue weighted by molar-refractivity contribution is 5.27. The van der Waals surface area contributed by atoms with E-state index in [1.54, 1.807) is 0 Å². The third-order valence-electron chi connectivity index (χ3n) is 3.51. The lowest BCUT2D eigenvalue weighted by molar-refractivity contribution is 0.156. The summed E-state index contributed by atoms with van der Waals surface area (Å²) in [6, 6.07) is 0. The molecule has 0 fully saturated rings. The molecule has 0 saturated carbocycles. The molecule has 0 aromatic heterocycles. The fourth-order valence-corrected chi connectivity index (χ4v) is 2.37. The lowest BCUT2D eigenvalue weighted by atomic mass is 9.76. The van der Waals surface area contributed by atoms with E-state index < -0.39 is 0 Å². The third-order valence-corrected chi connectivity index (χ3v) is 3.51. The van der Waals surface area contributed by atoms with Crippen LogP contribution in [0.25, 0.3) is 0 Å². The van der Waals surface area contributed by atoms with E-state index in [1.807, 2.05) is 0 Å². The van der Waals surface area contributed by atoms with Crippen LogP contribution >= 0.6 is 0 Å². The molecule has 1 rings (SSSR count). The predicted octanol–water partition coefficient (Wildman–Crippen LogP) is 4.23. The van der Waals surface area contributed by atoms with Gasteiger partial charge in [0.25, 0.3) is 0 Å². The van der Waals surface area contributed by atoms with E-state index >= 15 is 0 Å². The highest BCUT2D eigenvalue weighted by Gasteiger charge is 2.27. The third kappa shape index (κ3) is 3.79. The Labute approximate surface area is 100 Å². The molecule has 0 aromatic carbocycles. The van der Waals surface area contributed by atoms with Gasteiger partial charge in [-0.05, 0) is 25.7 Å². The minimum absolute atomic E-state index is 0.0494. The van der Waals surface area contributed by atoms with Crippen LogP contribution in [0, 0.1) is 5.41 Å². The van der Waals surface area contributed by atoms with Crippen LogP contribution in [0.2, 0.25) is 0 Å². The lowest BCUT2D eigenvalue weighted by Crippen LogP contribution is -2.24. The smallest absolute Gasteiger partial charge is 0.0525 e. The zero-order valence-electron chi connectivity index (χ0n) is 10.8. The molecule has 0 saturated heterocycles. The number of aliphatic hydroxyl groups excluding tert-OH is 1. The van der Waals surface area contributed by atoms with Crippen molar-refractivity contribution in [2.45, 2.75) is 58.8 Å². The molecule has 0 amide bonds. The predicted molar refractivity (Wildman–Crippen MR) is 70.4 cm³/mol. The van der Waals surface area contributed by atoms with Crippen LogP contribution in [0.1, 0.15) is 58.8 Å². The van der Waals surface area contributed by atoms with E-state index in [4.69, 9.17) is 0 Å². The summed E-state index contributed by atoms with van der Waals surface area (Å²) in [5.74, 6) is 0. The van der Waals surface area contributed by atoms with Crippen LogP contribution in [-0.2, 0) is 0 Å². The molecular formula is C15H26O. The fourth-order valence-electron chi connectivity index (χ4n) is 2.37. The molecular weight excluding hydrogens is 196 g/mol. The van der Waals surface area contributed by atoms with Gasteiger partial charge in [0.05, 0.1) is 6.61 Å². The Morgan fingerprint density at radius 3 is 2.62 bits per heavy atom. The number of rotatable bonds is 7. The van der Waals surface area contributed by atoms with Gasteiger partial charge in [0.1, 0.15) is 0 Å². The molecule has 1 aliphatic carbocycles. The largest absolute Gasteiger partial charge is 0.395 e. The summed E-state index contributed by atoms with van der Waals surface area (Å²) in [5.41, 5.74) is 1.48. The Morgan fingerprint density at radius 2 is 2.00 bits per heavy atom. The van der Waals surface area contributed by atoms with Gasteiger partial charge in [-0.3, -0.25) is 0 Å². The topological polar surface area (TPSA) is 20.2 Å². The molecule has 1 nitrogen and oxygen atoms in total. The summed E-state index contributed by atoms with van der Waals surface area (Å²) in [4.78, 5) is 0. The second-order valence-electron chi connectivity index (χ2n) is 5.05. The molecule has 0 heterocycles. The van der Waals surface area contributed by atoms with Gasteiger partial charge >= 0.3 is 0 Å². The quantitative estimate of drug-likeness (QED) is 0.683. The molecule has 1 unspecified atom stereocenters. The molecule has 16 heavy (non-hydrogen) atoms. The minimum atomic E-state index is 0.0494. The maximum atomic E-state index is 9.63. The van der Waals surface area contributed by atoms with Crippen molar-refractivity contribution in [3.8, 4) is 0 Å². The van der Waals surface area contributed by atoms with Crippen LogP contribution in [0.4, 0.5) is 0 Å². The van der Waals surface area contributed by atoms with Crippen molar-refractivity contribution in [3.05, 3.63) is 23.8 Å². The number of aliphatic hydroxyl groups is 1. The minimum Gasteiger partial charge on any atom is -0.395 e. The monoisotopic (exact) mass is 222 g/mol. The van der Waals surface area contributed by atoms with Crippen molar-refractivity contribution in [2.24, 2.45) is 5.41 Å². The van der Waals surface area contributed by atoms with Crippen molar-refractivity contribution in [2.75, 3.05) is 6.61 Å². The first-order chi connectivity index (χ1) is 7.76. The zero-order valence-corrected chi connectivity index (χ0v) is 10.8. The van der Waals surface area contributed by atoms with E-state index in [2.05, 4.69) is 32.1 Å². The van der Waals surface area contributed by atoms with Gasteiger partial charge in [0, 0.05) is 5.41 Å². The van der Waals surface area contributed by atoms with Crippen LogP contribution in [0.3, 0.4) is 0 Å². The summed E-state index contributed by atoms with van der Waals surface area (Å²) in [6.45, 7) is 4.74. The van der Waals surface area contributed by atoms with E-state index in [0.717, 1.165) is 12.8 Å². The van der Waals surface area contributed by atoms with Gasteiger partial charge in [0.15, 0.2) is 0 Å². The van der Waals surface area contributed by atoms with Crippen molar-refractivity contribution >= 4 is 0 Å². The Balaban J connectivity index is 2.63. The summed E-state index contributed by atoms with van der Waals surface area (Å²) in [5, 5.41) is 9.63. The highest BCUT2D eigenvalue weighted by Crippen LogP contribution is 2.36. The van der Waals surface area contributed by atoms with Crippen molar-refractivity contribution in [3.63, 3.8) is 0 Å².